The maximum Gasteiger partial charge on any atom is 0.123 e. The smallest absolute Gasteiger partial charge is 0.123 e. The molecule has 4 rings (SSSR count). The first-order chi connectivity index (χ1) is 15.1. The van der Waals surface area contributed by atoms with E-state index in [0.717, 1.165) is 29.5 Å². The van der Waals surface area contributed by atoms with E-state index in [1.807, 2.05) is 18.2 Å². The third-order valence-corrected chi connectivity index (χ3v) is 7.50. The highest BCUT2D eigenvalue weighted by atomic mass is 19.1. The summed E-state index contributed by atoms with van der Waals surface area (Å²) in [5.41, 5.74) is 2.60. The van der Waals surface area contributed by atoms with Gasteiger partial charge in [-0.15, -0.1) is 0 Å². The predicted octanol–water partition coefficient (Wildman–Crippen LogP) is 6.19. The Balaban J connectivity index is 1.58. The first-order valence-electron chi connectivity index (χ1n) is 11.5. The van der Waals surface area contributed by atoms with Crippen LogP contribution in [0.2, 0.25) is 0 Å². The number of fused-ring (bicyclic) bond motifs is 1. The number of rotatable bonds is 6. The van der Waals surface area contributed by atoms with Gasteiger partial charge in [-0.05, 0) is 67.4 Å². The van der Waals surface area contributed by atoms with Gasteiger partial charge in [0.25, 0.3) is 0 Å². The second-order valence-corrected chi connectivity index (χ2v) is 9.18. The van der Waals surface area contributed by atoms with Gasteiger partial charge in [0.15, 0.2) is 0 Å². The van der Waals surface area contributed by atoms with Gasteiger partial charge in [0.1, 0.15) is 12.1 Å². The molecule has 0 N–H and O–H groups in total. The molecule has 1 aromatic carbocycles. The molecule has 0 aliphatic heterocycles. The molecule has 0 bridgehead atoms. The van der Waals surface area contributed by atoms with E-state index in [0.29, 0.717) is 17.8 Å². The molecule has 0 saturated heterocycles. The molecule has 0 radical (unpaired) electrons. The van der Waals surface area contributed by atoms with Gasteiger partial charge < -0.3 is 9.53 Å². The zero-order chi connectivity index (χ0) is 21.8. The summed E-state index contributed by atoms with van der Waals surface area (Å²) < 4.78 is 19.2. The van der Waals surface area contributed by atoms with Crippen molar-refractivity contribution < 1.29 is 13.9 Å². The highest BCUT2D eigenvalue weighted by Crippen LogP contribution is 2.50. The Bertz CT molecular complexity index is 910. The van der Waals surface area contributed by atoms with Crippen molar-refractivity contribution in [3.05, 3.63) is 60.2 Å². The van der Waals surface area contributed by atoms with Gasteiger partial charge in [-0.3, -0.25) is 4.98 Å². The topological polar surface area (TPSA) is 39.2 Å². The summed E-state index contributed by atoms with van der Waals surface area (Å²) in [5.74, 6) is 1.55. The summed E-state index contributed by atoms with van der Waals surface area (Å²) in [7, 11) is 1.74. The van der Waals surface area contributed by atoms with Crippen molar-refractivity contribution in [3.8, 4) is 11.1 Å². The third-order valence-electron chi connectivity index (χ3n) is 7.50. The predicted molar refractivity (Wildman–Crippen MR) is 122 cm³/mol. The Morgan fingerprint density at radius 1 is 1.16 bits per heavy atom. The lowest BCUT2D eigenvalue weighted by atomic mass is 9.57. The van der Waals surface area contributed by atoms with E-state index < -0.39 is 0 Å². The number of ether oxygens (including phenoxy) is 1. The van der Waals surface area contributed by atoms with Gasteiger partial charge in [0.2, 0.25) is 0 Å². The number of hydrogen-bond donors (Lipinski definition) is 0. The van der Waals surface area contributed by atoms with Crippen LogP contribution in [0, 0.1) is 35.4 Å². The van der Waals surface area contributed by atoms with Gasteiger partial charge in [-0.2, -0.15) is 0 Å². The van der Waals surface area contributed by atoms with E-state index in [-0.39, 0.29) is 23.8 Å². The molecular weight excluding hydrogens is 389 g/mol. The van der Waals surface area contributed by atoms with Crippen LogP contribution in [0.15, 0.2) is 48.7 Å². The SMILES string of the molecule is COC(C)C1C(C=O)CC2CCCC[C@H]2[C@@H]1/C=C/c1ccc(-c2cccc(F)c2)cn1. The number of hydrogen-bond acceptors (Lipinski definition) is 3. The number of methoxy groups -OCH3 is 1. The second kappa shape index (κ2) is 9.86. The van der Waals surface area contributed by atoms with Crippen LogP contribution in [0.25, 0.3) is 17.2 Å². The van der Waals surface area contributed by atoms with Gasteiger partial charge in [-0.25, -0.2) is 4.39 Å². The summed E-state index contributed by atoms with van der Waals surface area (Å²) in [6.07, 6.45) is 13.4. The number of aldehydes is 1. The van der Waals surface area contributed by atoms with Crippen molar-refractivity contribution in [2.45, 2.75) is 45.1 Å². The molecule has 2 aliphatic rings. The molecule has 2 aliphatic carbocycles. The minimum atomic E-state index is -0.246. The summed E-state index contributed by atoms with van der Waals surface area (Å²) in [5, 5.41) is 0. The van der Waals surface area contributed by atoms with Crippen molar-refractivity contribution in [1.29, 1.82) is 0 Å². The van der Waals surface area contributed by atoms with Crippen LogP contribution in [0.4, 0.5) is 4.39 Å². The number of aromatic nitrogens is 1. The fourth-order valence-electron chi connectivity index (χ4n) is 5.90. The molecule has 6 atom stereocenters. The summed E-state index contributed by atoms with van der Waals surface area (Å²) in [4.78, 5) is 16.6. The molecule has 3 nitrogen and oxygen atoms in total. The highest BCUT2D eigenvalue weighted by Gasteiger charge is 2.46. The number of pyridine rings is 1. The Morgan fingerprint density at radius 3 is 2.71 bits per heavy atom. The zero-order valence-corrected chi connectivity index (χ0v) is 18.4. The maximum atomic E-state index is 13.5. The quantitative estimate of drug-likeness (QED) is 0.522. The molecule has 0 amide bonds. The van der Waals surface area contributed by atoms with Crippen molar-refractivity contribution in [2.24, 2.45) is 29.6 Å². The maximum absolute atomic E-state index is 13.5. The van der Waals surface area contributed by atoms with Crippen molar-refractivity contribution >= 4 is 12.4 Å². The average molecular weight is 422 g/mol. The minimum Gasteiger partial charge on any atom is -0.381 e. The fraction of sp³-hybridized carbons (Fsp3) is 0.481. The fourth-order valence-corrected chi connectivity index (χ4v) is 5.90. The van der Waals surface area contributed by atoms with E-state index >= 15 is 0 Å². The van der Waals surface area contributed by atoms with Crippen molar-refractivity contribution in [3.63, 3.8) is 0 Å². The molecule has 1 aromatic heterocycles. The molecule has 0 spiro atoms. The monoisotopic (exact) mass is 421 g/mol. The zero-order valence-electron chi connectivity index (χ0n) is 18.4. The Labute approximate surface area is 184 Å². The molecule has 4 unspecified atom stereocenters. The van der Waals surface area contributed by atoms with Crippen LogP contribution in [-0.2, 0) is 9.53 Å². The molecular formula is C27H32FNO2. The third kappa shape index (κ3) is 4.79. The first kappa shape index (κ1) is 21.9. The lowest BCUT2D eigenvalue weighted by molar-refractivity contribution is -0.121. The van der Waals surface area contributed by atoms with Crippen LogP contribution in [0.3, 0.4) is 0 Å². The lowest BCUT2D eigenvalue weighted by Crippen LogP contribution is -2.46. The van der Waals surface area contributed by atoms with Crippen molar-refractivity contribution in [2.75, 3.05) is 7.11 Å². The Kier molecular flexibility index (Phi) is 6.96. The van der Waals surface area contributed by atoms with E-state index in [1.54, 1.807) is 19.4 Å². The van der Waals surface area contributed by atoms with E-state index in [4.69, 9.17) is 4.74 Å². The number of nitrogens with zero attached hydrogens (tertiary/aromatic N) is 1. The van der Waals surface area contributed by atoms with Crippen molar-refractivity contribution in [1.82, 2.24) is 4.98 Å². The molecule has 2 saturated carbocycles. The molecule has 2 fully saturated rings. The van der Waals surface area contributed by atoms with Gasteiger partial charge >= 0.3 is 0 Å². The molecule has 4 heteroatoms. The number of carbonyl (C=O) groups is 1. The minimum absolute atomic E-state index is 0.0380. The molecule has 1 heterocycles. The van der Waals surface area contributed by atoms with Gasteiger partial charge in [0, 0.05) is 30.7 Å². The molecule has 164 valence electrons. The highest BCUT2D eigenvalue weighted by molar-refractivity contribution is 5.63. The van der Waals surface area contributed by atoms with Crippen LogP contribution in [0.1, 0.15) is 44.7 Å². The van der Waals surface area contributed by atoms with E-state index in [9.17, 15) is 9.18 Å². The van der Waals surface area contributed by atoms with Crippen LogP contribution in [-0.4, -0.2) is 24.5 Å². The second-order valence-electron chi connectivity index (χ2n) is 9.18. The normalized spacial score (nSPS) is 29.5. The van der Waals surface area contributed by atoms with E-state index in [2.05, 4.69) is 24.1 Å². The van der Waals surface area contributed by atoms with Gasteiger partial charge in [-0.1, -0.05) is 43.5 Å². The van der Waals surface area contributed by atoms with Crippen LogP contribution < -0.4 is 0 Å². The lowest BCUT2D eigenvalue weighted by Gasteiger charge is -2.48. The summed E-state index contributed by atoms with van der Waals surface area (Å²) in [6, 6.07) is 10.5. The molecule has 2 aromatic rings. The number of halogens is 1. The Hall–Kier alpha value is -2.33. The number of carbonyl (C=O) groups excluding carboxylic acids is 1. The average Bonchev–Trinajstić information content (AvgIpc) is 2.81. The number of benzene rings is 1. The Morgan fingerprint density at radius 2 is 2.00 bits per heavy atom. The van der Waals surface area contributed by atoms with Crippen LogP contribution >= 0.6 is 0 Å². The molecule has 31 heavy (non-hydrogen) atoms. The standard InChI is InChI=1S/C27H32FNO2/c1-18(31-2)27-22(17-30)14-20-6-3-4-9-25(20)26(27)13-12-24-11-10-21(16-29-24)19-7-5-8-23(28)15-19/h5,7-8,10-13,15-18,20,22,25-27H,3-4,6,9,14H2,1-2H3/b13-12+/t18?,20?,22?,25-,26+,27?/m1/s1. The largest absolute Gasteiger partial charge is 0.381 e. The number of allylic oxidation sites excluding steroid dienone is 1. The summed E-state index contributed by atoms with van der Waals surface area (Å²) in [6.45, 7) is 2.09. The van der Waals surface area contributed by atoms with E-state index in [1.165, 1.54) is 37.8 Å². The van der Waals surface area contributed by atoms with Gasteiger partial charge in [0.05, 0.1) is 11.8 Å². The summed E-state index contributed by atoms with van der Waals surface area (Å²) >= 11 is 0. The first-order valence-corrected chi connectivity index (χ1v) is 11.5. The van der Waals surface area contributed by atoms with Crippen LogP contribution in [0.5, 0.6) is 0 Å².